The molecule has 0 unspecified atom stereocenters. The number of fused-ring (bicyclic) bond motifs is 1. The average Bonchev–Trinajstić information content (AvgIpc) is 3.68. The third kappa shape index (κ3) is 5.05. The molecule has 3 aromatic carbocycles. The number of carbonyl (C=O) groups is 2. The van der Waals surface area contributed by atoms with Gasteiger partial charge in [0.25, 0.3) is 5.91 Å². The monoisotopic (exact) mass is 573 g/mol. The fraction of sp³-hybridized carbons (Fsp3) is 0.242. The standard InChI is InChI=1S/C33H31N7O3/c1-43-27-16-14-26(15-17-27)40-31-28(29(35-40)21-37-22-34-32(36-37)23-7-3-2-4-8-23)18-20-39(33(31)42)25-12-10-24(11-13-25)38-19-6-5-9-30(38)41/h2-4,7-8,10-17,22H,5-6,9,18-21H2,1H3. The highest BCUT2D eigenvalue weighted by atomic mass is 16.5. The molecule has 5 aromatic rings. The van der Waals surface area contributed by atoms with Crippen molar-refractivity contribution in [3.05, 3.63) is 102 Å². The molecular formula is C33H31N7O3. The van der Waals surface area contributed by atoms with E-state index in [1.807, 2.05) is 83.8 Å². The minimum Gasteiger partial charge on any atom is -0.497 e. The van der Waals surface area contributed by atoms with Crippen LogP contribution in [-0.2, 0) is 17.8 Å². The van der Waals surface area contributed by atoms with Gasteiger partial charge in [-0.2, -0.15) is 10.2 Å². The fourth-order valence-electron chi connectivity index (χ4n) is 5.85. The molecule has 0 radical (unpaired) electrons. The Kier molecular flexibility index (Phi) is 6.94. The minimum absolute atomic E-state index is 0.124. The van der Waals surface area contributed by atoms with Gasteiger partial charge in [0.05, 0.1) is 25.0 Å². The van der Waals surface area contributed by atoms with Crippen molar-refractivity contribution in [1.29, 1.82) is 0 Å². The molecule has 0 N–H and O–H groups in total. The zero-order chi connectivity index (χ0) is 29.3. The van der Waals surface area contributed by atoms with E-state index >= 15 is 0 Å². The summed E-state index contributed by atoms with van der Waals surface area (Å²) in [5, 5.41) is 9.63. The summed E-state index contributed by atoms with van der Waals surface area (Å²) in [7, 11) is 1.62. The molecule has 43 heavy (non-hydrogen) atoms. The van der Waals surface area contributed by atoms with Gasteiger partial charge in [0.2, 0.25) is 5.91 Å². The summed E-state index contributed by atoms with van der Waals surface area (Å²) in [4.78, 5) is 34.7. The molecule has 2 amide bonds. The summed E-state index contributed by atoms with van der Waals surface area (Å²) in [6.07, 6.45) is 4.86. The highest BCUT2D eigenvalue weighted by Gasteiger charge is 2.33. The number of carbonyl (C=O) groups excluding carboxylic acids is 2. The summed E-state index contributed by atoms with van der Waals surface area (Å²) >= 11 is 0. The van der Waals surface area contributed by atoms with E-state index in [0.717, 1.165) is 59.0 Å². The van der Waals surface area contributed by atoms with E-state index in [2.05, 4.69) is 10.1 Å². The van der Waals surface area contributed by atoms with E-state index in [9.17, 15) is 9.59 Å². The maximum atomic E-state index is 14.2. The Morgan fingerprint density at radius 1 is 0.767 bits per heavy atom. The van der Waals surface area contributed by atoms with Crippen molar-refractivity contribution in [3.8, 4) is 22.8 Å². The topological polar surface area (TPSA) is 98.4 Å². The summed E-state index contributed by atoms with van der Waals surface area (Å²) in [6, 6.07) is 25.1. The van der Waals surface area contributed by atoms with Crippen LogP contribution in [0.5, 0.6) is 5.75 Å². The largest absolute Gasteiger partial charge is 0.497 e. The van der Waals surface area contributed by atoms with Crippen LogP contribution in [-0.4, -0.2) is 56.6 Å². The number of methoxy groups -OCH3 is 1. The van der Waals surface area contributed by atoms with Crippen LogP contribution in [0, 0.1) is 0 Å². The first kappa shape index (κ1) is 26.6. The van der Waals surface area contributed by atoms with Crippen LogP contribution < -0.4 is 14.5 Å². The number of nitrogens with zero attached hydrogens (tertiary/aromatic N) is 7. The molecule has 0 aliphatic carbocycles. The van der Waals surface area contributed by atoms with Gasteiger partial charge in [0.15, 0.2) is 5.82 Å². The lowest BCUT2D eigenvalue weighted by Crippen LogP contribution is -2.39. The number of hydrogen-bond acceptors (Lipinski definition) is 6. The molecule has 216 valence electrons. The maximum Gasteiger partial charge on any atom is 0.277 e. The number of amides is 2. The van der Waals surface area contributed by atoms with Crippen molar-refractivity contribution >= 4 is 23.2 Å². The first-order valence-corrected chi connectivity index (χ1v) is 14.5. The lowest BCUT2D eigenvalue weighted by molar-refractivity contribution is -0.119. The van der Waals surface area contributed by atoms with Crippen LogP contribution in [0.3, 0.4) is 0 Å². The zero-order valence-electron chi connectivity index (χ0n) is 23.9. The molecule has 1 fully saturated rings. The molecule has 10 heteroatoms. The molecule has 4 heterocycles. The molecular weight excluding hydrogens is 542 g/mol. The van der Waals surface area contributed by atoms with Gasteiger partial charge in [-0.15, -0.1) is 0 Å². The highest BCUT2D eigenvalue weighted by Crippen LogP contribution is 2.31. The number of aromatic nitrogens is 5. The molecule has 2 aliphatic heterocycles. The van der Waals surface area contributed by atoms with Gasteiger partial charge in [-0.3, -0.25) is 9.59 Å². The SMILES string of the molecule is COc1ccc(-n2nc(Cn3cnc(-c4ccccc4)n3)c3c2C(=O)N(c2ccc(N4CCCCC4=O)cc2)CC3)cc1. The van der Waals surface area contributed by atoms with Crippen LogP contribution in [0.25, 0.3) is 17.1 Å². The Labute approximate surface area is 249 Å². The van der Waals surface area contributed by atoms with Crippen LogP contribution in [0.4, 0.5) is 11.4 Å². The van der Waals surface area contributed by atoms with E-state index < -0.39 is 0 Å². The van der Waals surface area contributed by atoms with Gasteiger partial charge in [-0.25, -0.2) is 14.3 Å². The Bertz CT molecular complexity index is 1780. The lowest BCUT2D eigenvalue weighted by Gasteiger charge is -2.30. The molecule has 0 spiro atoms. The van der Waals surface area contributed by atoms with Crippen molar-refractivity contribution in [2.24, 2.45) is 0 Å². The number of rotatable bonds is 7. The Hall–Kier alpha value is -5.25. The predicted octanol–water partition coefficient (Wildman–Crippen LogP) is 4.91. The zero-order valence-corrected chi connectivity index (χ0v) is 23.9. The maximum absolute atomic E-state index is 14.2. The molecule has 1 saturated heterocycles. The quantitative estimate of drug-likeness (QED) is 0.275. The first-order valence-electron chi connectivity index (χ1n) is 14.5. The van der Waals surface area contributed by atoms with Crippen LogP contribution in [0.2, 0.25) is 0 Å². The molecule has 0 saturated carbocycles. The third-order valence-electron chi connectivity index (χ3n) is 8.09. The second-order valence-corrected chi connectivity index (χ2v) is 10.7. The highest BCUT2D eigenvalue weighted by molar-refractivity contribution is 6.07. The van der Waals surface area contributed by atoms with Crippen molar-refractivity contribution in [1.82, 2.24) is 24.5 Å². The van der Waals surface area contributed by atoms with Crippen molar-refractivity contribution in [2.75, 3.05) is 30.0 Å². The molecule has 2 aromatic heterocycles. The second-order valence-electron chi connectivity index (χ2n) is 10.7. The Morgan fingerprint density at radius 3 is 2.21 bits per heavy atom. The van der Waals surface area contributed by atoms with E-state index in [1.165, 1.54) is 0 Å². The van der Waals surface area contributed by atoms with E-state index in [1.54, 1.807) is 27.7 Å². The molecule has 0 atom stereocenters. The molecule has 7 rings (SSSR count). The fourth-order valence-corrected chi connectivity index (χ4v) is 5.85. The van der Waals surface area contributed by atoms with Gasteiger partial charge >= 0.3 is 0 Å². The van der Waals surface area contributed by atoms with Gasteiger partial charge < -0.3 is 14.5 Å². The average molecular weight is 574 g/mol. The number of piperidine rings is 1. The summed E-state index contributed by atoms with van der Waals surface area (Å²) in [5.74, 6) is 1.39. The Balaban J connectivity index is 1.22. The first-order chi connectivity index (χ1) is 21.1. The van der Waals surface area contributed by atoms with E-state index in [4.69, 9.17) is 9.84 Å². The van der Waals surface area contributed by atoms with Gasteiger partial charge in [0.1, 0.15) is 17.8 Å². The van der Waals surface area contributed by atoms with Crippen molar-refractivity contribution < 1.29 is 14.3 Å². The predicted molar refractivity (Wildman–Crippen MR) is 163 cm³/mol. The van der Waals surface area contributed by atoms with E-state index in [-0.39, 0.29) is 11.8 Å². The number of hydrogen-bond donors (Lipinski definition) is 0. The smallest absolute Gasteiger partial charge is 0.277 e. The second kappa shape index (κ2) is 11.2. The number of benzene rings is 3. The minimum atomic E-state index is -0.124. The number of ether oxygens (including phenoxy) is 1. The summed E-state index contributed by atoms with van der Waals surface area (Å²) < 4.78 is 8.84. The van der Waals surface area contributed by atoms with Gasteiger partial charge in [-0.1, -0.05) is 30.3 Å². The van der Waals surface area contributed by atoms with Crippen LogP contribution in [0.1, 0.15) is 41.0 Å². The molecule has 2 aliphatic rings. The van der Waals surface area contributed by atoms with Crippen molar-refractivity contribution in [2.45, 2.75) is 32.2 Å². The normalized spacial score (nSPS) is 15.1. The van der Waals surface area contributed by atoms with Crippen LogP contribution in [0.15, 0.2) is 85.2 Å². The van der Waals surface area contributed by atoms with Crippen LogP contribution >= 0.6 is 0 Å². The molecule has 0 bridgehead atoms. The van der Waals surface area contributed by atoms with Gasteiger partial charge in [0, 0.05) is 42.0 Å². The Morgan fingerprint density at radius 2 is 1.49 bits per heavy atom. The van der Waals surface area contributed by atoms with E-state index in [0.29, 0.717) is 37.4 Å². The third-order valence-corrected chi connectivity index (χ3v) is 8.09. The molecule has 10 nitrogen and oxygen atoms in total. The summed E-state index contributed by atoms with van der Waals surface area (Å²) in [6.45, 7) is 1.63. The lowest BCUT2D eigenvalue weighted by atomic mass is 10.0. The van der Waals surface area contributed by atoms with Gasteiger partial charge in [-0.05, 0) is 67.8 Å². The van der Waals surface area contributed by atoms with Crippen molar-refractivity contribution in [3.63, 3.8) is 0 Å². The summed E-state index contributed by atoms with van der Waals surface area (Å²) in [5.41, 5.74) is 5.58. The number of anilines is 2.